The number of hydrogen-bond acceptors (Lipinski definition) is 3. The van der Waals surface area contributed by atoms with Crippen molar-refractivity contribution in [2.75, 3.05) is 6.61 Å². The molecule has 1 N–H and O–H groups in total. The van der Waals surface area contributed by atoms with E-state index in [1.54, 1.807) is 13.1 Å². The average molecular weight is 306 g/mol. The number of ether oxygens (including phenoxy) is 1. The fourth-order valence-corrected chi connectivity index (χ4v) is 2.40. The molecule has 3 rings (SSSR count). The monoisotopic (exact) mass is 306 g/mol. The Morgan fingerprint density at radius 1 is 1.17 bits per heavy atom. The molecule has 0 saturated heterocycles. The van der Waals surface area contributed by atoms with Gasteiger partial charge in [-0.25, -0.2) is 4.79 Å². The first-order valence-corrected chi connectivity index (χ1v) is 7.57. The van der Waals surface area contributed by atoms with Gasteiger partial charge in [-0.1, -0.05) is 48.0 Å². The molecule has 23 heavy (non-hydrogen) atoms. The Morgan fingerprint density at radius 2 is 1.91 bits per heavy atom. The predicted octanol–water partition coefficient (Wildman–Crippen LogP) is 4.40. The van der Waals surface area contributed by atoms with Crippen LogP contribution in [0.15, 0.2) is 53.5 Å². The summed E-state index contributed by atoms with van der Waals surface area (Å²) < 4.78 is 5.12. The lowest BCUT2D eigenvalue weighted by molar-refractivity contribution is 0.0521. The number of H-pyrrole nitrogens is 1. The van der Waals surface area contributed by atoms with Gasteiger partial charge in [-0.05, 0) is 25.5 Å². The molecule has 4 nitrogen and oxygen atoms in total. The summed E-state index contributed by atoms with van der Waals surface area (Å²) in [7, 11) is 0. The van der Waals surface area contributed by atoms with Crippen molar-refractivity contribution in [3.63, 3.8) is 0 Å². The van der Waals surface area contributed by atoms with E-state index < -0.39 is 0 Å². The standard InChI is InChI=1S/C19H18N2O2/c1-3-23-19(22)18-17(15-6-4-5-7-16(15)21-18)20-12-14-10-8-13(2)9-11-14/h4-12,21H,3H2,1-2H3. The number of carbonyl (C=O) groups excluding carboxylic acids is 1. The third-order valence-corrected chi connectivity index (χ3v) is 3.58. The van der Waals surface area contributed by atoms with Crippen LogP contribution in [0.2, 0.25) is 0 Å². The minimum absolute atomic E-state index is 0.329. The Morgan fingerprint density at radius 3 is 2.65 bits per heavy atom. The zero-order chi connectivity index (χ0) is 16.2. The molecule has 0 atom stereocenters. The van der Waals surface area contributed by atoms with E-state index in [1.807, 2.05) is 55.5 Å². The van der Waals surface area contributed by atoms with Crippen LogP contribution in [0.4, 0.5) is 5.69 Å². The molecule has 0 unspecified atom stereocenters. The van der Waals surface area contributed by atoms with E-state index in [0.717, 1.165) is 16.5 Å². The van der Waals surface area contributed by atoms with Crippen molar-refractivity contribution in [3.8, 4) is 0 Å². The second-order valence-electron chi connectivity index (χ2n) is 5.28. The van der Waals surface area contributed by atoms with Gasteiger partial charge < -0.3 is 9.72 Å². The highest BCUT2D eigenvalue weighted by molar-refractivity contribution is 6.06. The molecule has 0 fully saturated rings. The topological polar surface area (TPSA) is 54.5 Å². The number of para-hydroxylation sites is 1. The van der Waals surface area contributed by atoms with Crippen LogP contribution in [-0.2, 0) is 4.74 Å². The quantitative estimate of drug-likeness (QED) is 0.573. The fourth-order valence-electron chi connectivity index (χ4n) is 2.40. The number of aromatic amines is 1. The largest absolute Gasteiger partial charge is 0.461 e. The van der Waals surface area contributed by atoms with Gasteiger partial charge in [0.05, 0.1) is 6.61 Å². The van der Waals surface area contributed by atoms with E-state index in [4.69, 9.17) is 4.74 Å². The van der Waals surface area contributed by atoms with Crippen LogP contribution in [0.5, 0.6) is 0 Å². The number of nitrogens with one attached hydrogen (secondary N) is 1. The van der Waals surface area contributed by atoms with Gasteiger partial charge >= 0.3 is 5.97 Å². The number of benzene rings is 2. The molecule has 0 amide bonds. The van der Waals surface area contributed by atoms with Gasteiger partial charge in [0, 0.05) is 17.1 Å². The second-order valence-corrected chi connectivity index (χ2v) is 5.28. The molecule has 0 saturated carbocycles. The minimum atomic E-state index is -0.389. The zero-order valence-corrected chi connectivity index (χ0v) is 13.2. The van der Waals surface area contributed by atoms with Crippen molar-refractivity contribution < 1.29 is 9.53 Å². The smallest absolute Gasteiger partial charge is 0.357 e. The summed E-state index contributed by atoms with van der Waals surface area (Å²) in [6, 6.07) is 15.8. The number of nitrogens with zero attached hydrogens (tertiary/aromatic N) is 1. The fraction of sp³-hybridized carbons (Fsp3) is 0.158. The van der Waals surface area contributed by atoms with Crippen molar-refractivity contribution in [1.29, 1.82) is 0 Å². The molecule has 0 aliphatic rings. The van der Waals surface area contributed by atoms with Crippen molar-refractivity contribution >= 4 is 28.8 Å². The summed E-state index contributed by atoms with van der Waals surface area (Å²) in [6.07, 6.45) is 1.76. The minimum Gasteiger partial charge on any atom is -0.461 e. The van der Waals surface area contributed by atoms with Gasteiger partial charge in [0.25, 0.3) is 0 Å². The Kier molecular flexibility index (Phi) is 4.24. The maximum absolute atomic E-state index is 12.2. The summed E-state index contributed by atoms with van der Waals surface area (Å²) in [6.45, 7) is 4.16. The number of fused-ring (bicyclic) bond motifs is 1. The maximum Gasteiger partial charge on any atom is 0.357 e. The van der Waals surface area contributed by atoms with Crippen molar-refractivity contribution in [2.24, 2.45) is 4.99 Å². The van der Waals surface area contributed by atoms with E-state index in [2.05, 4.69) is 9.98 Å². The normalized spacial score (nSPS) is 11.2. The molecule has 0 radical (unpaired) electrons. The Labute approximate surface area is 134 Å². The Balaban J connectivity index is 2.05. The Hall–Kier alpha value is -2.88. The SMILES string of the molecule is CCOC(=O)c1[nH]c2ccccc2c1N=Cc1ccc(C)cc1. The first-order chi connectivity index (χ1) is 11.2. The molecular formula is C19H18N2O2. The zero-order valence-electron chi connectivity index (χ0n) is 13.2. The van der Waals surface area contributed by atoms with Crippen LogP contribution in [0.3, 0.4) is 0 Å². The molecule has 3 aromatic rings. The summed E-state index contributed by atoms with van der Waals surface area (Å²) >= 11 is 0. The highest BCUT2D eigenvalue weighted by Crippen LogP contribution is 2.30. The Bertz CT molecular complexity index is 861. The van der Waals surface area contributed by atoms with Gasteiger partial charge in [-0.15, -0.1) is 0 Å². The third-order valence-electron chi connectivity index (χ3n) is 3.58. The number of carbonyl (C=O) groups is 1. The lowest BCUT2D eigenvalue weighted by Gasteiger charge is -2.00. The van der Waals surface area contributed by atoms with Crippen molar-refractivity contribution in [2.45, 2.75) is 13.8 Å². The molecule has 0 aliphatic heterocycles. The number of hydrogen-bond donors (Lipinski definition) is 1. The van der Waals surface area contributed by atoms with Gasteiger partial charge in [-0.3, -0.25) is 4.99 Å². The molecule has 1 heterocycles. The van der Waals surface area contributed by atoms with Crippen LogP contribution in [-0.4, -0.2) is 23.8 Å². The van der Waals surface area contributed by atoms with E-state index >= 15 is 0 Å². The van der Waals surface area contributed by atoms with Crippen LogP contribution >= 0.6 is 0 Å². The molecule has 116 valence electrons. The average Bonchev–Trinajstić information content (AvgIpc) is 2.93. The summed E-state index contributed by atoms with van der Waals surface area (Å²) in [5.41, 5.74) is 4.04. The number of aryl methyl sites for hydroxylation is 1. The first-order valence-electron chi connectivity index (χ1n) is 7.57. The van der Waals surface area contributed by atoms with Gasteiger partial charge in [0.15, 0.2) is 5.69 Å². The molecule has 4 heteroatoms. The van der Waals surface area contributed by atoms with Gasteiger partial charge in [-0.2, -0.15) is 0 Å². The lowest BCUT2D eigenvalue weighted by Crippen LogP contribution is -2.05. The molecule has 2 aromatic carbocycles. The van der Waals surface area contributed by atoms with Crippen LogP contribution in [0.25, 0.3) is 10.9 Å². The maximum atomic E-state index is 12.2. The number of aliphatic imine (C=N–C) groups is 1. The van der Waals surface area contributed by atoms with Crippen molar-refractivity contribution in [1.82, 2.24) is 4.98 Å². The molecule has 1 aromatic heterocycles. The predicted molar refractivity (Wildman–Crippen MR) is 92.7 cm³/mol. The molecule has 0 bridgehead atoms. The van der Waals surface area contributed by atoms with Gasteiger partial charge in [0.1, 0.15) is 5.69 Å². The van der Waals surface area contributed by atoms with Crippen LogP contribution in [0.1, 0.15) is 28.5 Å². The summed E-state index contributed by atoms with van der Waals surface area (Å²) in [4.78, 5) is 19.8. The van der Waals surface area contributed by atoms with Crippen molar-refractivity contribution in [3.05, 3.63) is 65.4 Å². The van der Waals surface area contributed by atoms with E-state index in [0.29, 0.717) is 18.0 Å². The van der Waals surface area contributed by atoms with Crippen LogP contribution in [0, 0.1) is 6.92 Å². The molecule has 0 spiro atoms. The van der Waals surface area contributed by atoms with Crippen LogP contribution < -0.4 is 0 Å². The van der Waals surface area contributed by atoms with E-state index in [9.17, 15) is 4.79 Å². The number of esters is 1. The highest BCUT2D eigenvalue weighted by Gasteiger charge is 2.17. The highest BCUT2D eigenvalue weighted by atomic mass is 16.5. The molecule has 0 aliphatic carbocycles. The second kappa shape index (κ2) is 6.48. The number of aromatic nitrogens is 1. The van der Waals surface area contributed by atoms with Gasteiger partial charge in [0.2, 0.25) is 0 Å². The number of rotatable bonds is 4. The third kappa shape index (κ3) is 3.16. The molecular weight excluding hydrogens is 288 g/mol. The van der Waals surface area contributed by atoms with E-state index in [1.165, 1.54) is 5.56 Å². The summed E-state index contributed by atoms with van der Waals surface area (Å²) in [5, 5.41) is 0.902. The van der Waals surface area contributed by atoms with E-state index in [-0.39, 0.29) is 5.97 Å². The first kappa shape index (κ1) is 15.0. The lowest BCUT2D eigenvalue weighted by atomic mass is 10.2. The summed E-state index contributed by atoms with van der Waals surface area (Å²) in [5.74, 6) is -0.389.